The quantitative estimate of drug-likeness (QED) is 0.458. The van der Waals surface area contributed by atoms with Gasteiger partial charge in [0, 0.05) is 18.8 Å². The van der Waals surface area contributed by atoms with E-state index in [9.17, 15) is 19.5 Å². The Morgan fingerprint density at radius 1 is 1.21 bits per heavy atom. The number of ether oxygens (including phenoxy) is 2. The smallest absolute Gasteiger partial charge is 0.312 e. The van der Waals surface area contributed by atoms with Gasteiger partial charge in [0.2, 0.25) is 11.8 Å². The second kappa shape index (κ2) is 9.00. The van der Waals surface area contributed by atoms with Crippen molar-refractivity contribution >= 4 is 34.2 Å². The Balaban J connectivity index is 1.47. The maximum absolute atomic E-state index is 13.7. The summed E-state index contributed by atoms with van der Waals surface area (Å²) in [4.78, 5) is 41.7. The Morgan fingerprint density at radius 3 is 2.76 bits per heavy atom. The molecule has 0 radical (unpaired) electrons. The summed E-state index contributed by atoms with van der Waals surface area (Å²) >= 11 is 0. The number of carbonyl (C=O) groups is 3. The number of hydrogen-bond donors (Lipinski definition) is 2. The molecule has 1 spiro atoms. The summed E-state index contributed by atoms with van der Waals surface area (Å²) in [5.74, 6) is -2.41. The number of aliphatic hydroxyl groups excluding tert-OH is 1. The Kier molecular flexibility index (Phi) is 6.04. The number of unbranched alkanes of at least 4 members (excludes halogenated alkanes) is 1. The van der Waals surface area contributed by atoms with Crippen LogP contribution in [0.3, 0.4) is 0 Å². The van der Waals surface area contributed by atoms with Crippen LogP contribution in [0.4, 0.5) is 5.69 Å². The molecular weight excluding hydrogens is 436 g/mol. The minimum absolute atomic E-state index is 0.00851. The molecule has 3 aliphatic rings. The Bertz CT molecular complexity index is 1120. The molecule has 8 nitrogen and oxygen atoms in total. The third kappa shape index (κ3) is 3.56. The zero-order valence-corrected chi connectivity index (χ0v) is 19.2. The number of esters is 1. The number of fused-ring (bicyclic) bond motifs is 2. The number of likely N-dealkylation sites (tertiary alicyclic amines) is 1. The Labute approximate surface area is 198 Å². The molecule has 5 rings (SSSR count). The molecule has 8 heteroatoms. The van der Waals surface area contributed by atoms with Gasteiger partial charge in [-0.2, -0.15) is 0 Å². The summed E-state index contributed by atoms with van der Waals surface area (Å²) in [5, 5.41) is 14.3. The summed E-state index contributed by atoms with van der Waals surface area (Å²) < 4.78 is 11.6. The molecule has 0 unspecified atom stereocenters. The third-order valence-electron chi connectivity index (χ3n) is 7.43. The zero-order chi connectivity index (χ0) is 23.9. The van der Waals surface area contributed by atoms with E-state index in [1.54, 1.807) is 11.8 Å². The standard InChI is InChI=1S/C26H30N2O6/c1-2-33-25(32)20-19-11-12-26(34-19)21(20)24(31)28(13-5-6-14-29)22(26)23(30)27-18-10-9-16-7-3-4-8-17(16)15-18/h3-4,7-10,15,19-22,29H,2,5-6,11-14H2,1H3,(H,27,30)/t19-,20+,21+,22-,26+/m1/s1. The minimum Gasteiger partial charge on any atom is -0.466 e. The van der Waals surface area contributed by atoms with E-state index in [2.05, 4.69) is 5.32 Å². The van der Waals surface area contributed by atoms with E-state index < -0.39 is 35.6 Å². The van der Waals surface area contributed by atoms with Crippen molar-refractivity contribution in [3.8, 4) is 0 Å². The molecule has 3 fully saturated rings. The molecule has 0 aromatic heterocycles. The fraction of sp³-hybridized carbons (Fsp3) is 0.500. The first-order valence-electron chi connectivity index (χ1n) is 12.1. The number of nitrogens with one attached hydrogen (secondary N) is 1. The van der Waals surface area contributed by atoms with E-state index in [1.807, 2.05) is 42.5 Å². The Hall–Kier alpha value is -2.97. The van der Waals surface area contributed by atoms with Gasteiger partial charge in [-0.15, -0.1) is 0 Å². The van der Waals surface area contributed by atoms with Gasteiger partial charge in [0.1, 0.15) is 11.6 Å². The maximum Gasteiger partial charge on any atom is 0.312 e. The van der Waals surface area contributed by atoms with E-state index in [4.69, 9.17) is 9.47 Å². The average Bonchev–Trinajstić information content (AvgIpc) is 3.47. The molecule has 2 aromatic rings. The number of carbonyl (C=O) groups excluding carboxylic acids is 3. The summed E-state index contributed by atoms with van der Waals surface area (Å²) in [7, 11) is 0. The monoisotopic (exact) mass is 466 g/mol. The predicted octanol–water partition coefficient (Wildman–Crippen LogP) is 2.49. The molecule has 0 aliphatic carbocycles. The van der Waals surface area contributed by atoms with Gasteiger partial charge in [0.25, 0.3) is 0 Å². The van der Waals surface area contributed by atoms with Crippen LogP contribution in [0.15, 0.2) is 42.5 Å². The lowest BCUT2D eigenvalue weighted by Crippen LogP contribution is -2.53. The van der Waals surface area contributed by atoms with Crippen LogP contribution in [0.2, 0.25) is 0 Å². The number of benzene rings is 2. The lowest BCUT2D eigenvalue weighted by Gasteiger charge is -2.33. The fourth-order valence-corrected chi connectivity index (χ4v) is 6.07. The number of aliphatic hydroxyl groups is 1. The number of hydrogen-bond acceptors (Lipinski definition) is 6. The van der Waals surface area contributed by atoms with Crippen LogP contribution in [0.5, 0.6) is 0 Å². The van der Waals surface area contributed by atoms with E-state index in [0.717, 1.165) is 10.8 Å². The van der Waals surface area contributed by atoms with Crippen molar-refractivity contribution in [2.45, 2.75) is 50.4 Å². The van der Waals surface area contributed by atoms with Crippen molar-refractivity contribution in [2.24, 2.45) is 11.8 Å². The molecule has 2 N–H and O–H groups in total. The molecule has 180 valence electrons. The highest BCUT2D eigenvalue weighted by Gasteiger charge is 2.74. The van der Waals surface area contributed by atoms with Crippen LogP contribution in [0, 0.1) is 11.8 Å². The van der Waals surface area contributed by atoms with E-state index in [-0.39, 0.29) is 25.0 Å². The lowest BCUT2D eigenvalue weighted by molar-refractivity contribution is -0.154. The van der Waals surface area contributed by atoms with Gasteiger partial charge >= 0.3 is 5.97 Å². The first kappa shape index (κ1) is 22.8. The van der Waals surface area contributed by atoms with Gasteiger partial charge < -0.3 is 24.8 Å². The van der Waals surface area contributed by atoms with Crippen LogP contribution in [0.25, 0.3) is 10.8 Å². The van der Waals surface area contributed by atoms with Crippen molar-refractivity contribution < 1.29 is 29.0 Å². The van der Waals surface area contributed by atoms with Crippen LogP contribution in [-0.2, 0) is 23.9 Å². The van der Waals surface area contributed by atoms with Gasteiger partial charge in [-0.05, 0) is 55.5 Å². The summed E-state index contributed by atoms with van der Waals surface area (Å²) in [6, 6.07) is 12.7. The van der Waals surface area contributed by atoms with Crippen molar-refractivity contribution in [1.82, 2.24) is 4.90 Å². The normalized spacial score (nSPS) is 29.5. The topological polar surface area (TPSA) is 105 Å². The Morgan fingerprint density at radius 2 is 2.00 bits per heavy atom. The highest BCUT2D eigenvalue weighted by atomic mass is 16.6. The maximum atomic E-state index is 13.7. The largest absolute Gasteiger partial charge is 0.466 e. The van der Waals surface area contributed by atoms with Crippen LogP contribution >= 0.6 is 0 Å². The van der Waals surface area contributed by atoms with Gasteiger partial charge in [0.15, 0.2) is 0 Å². The highest BCUT2D eigenvalue weighted by Crippen LogP contribution is 2.58. The van der Waals surface area contributed by atoms with Crippen LogP contribution in [0.1, 0.15) is 32.6 Å². The third-order valence-corrected chi connectivity index (χ3v) is 7.43. The van der Waals surface area contributed by atoms with E-state index in [0.29, 0.717) is 37.9 Å². The number of amides is 2. The van der Waals surface area contributed by atoms with Crippen LogP contribution < -0.4 is 5.32 Å². The second-order valence-corrected chi connectivity index (χ2v) is 9.32. The summed E-state index contributed by atoms with van der Waals surface area (Å²) in [6.45, 7) is 2.28. The summed E-state index contributed by atoms with van der Waals surface area (Å²) in [6.07, 6.45) is 1.81. The van der Waals surface area contributed by atoms with Crippen LogP contribution in [-0.4, -0.2) is 65.3 Å². The number of anilines is 1. The number of rotatable bonds is 8. The highest BCUT2D eigenvalue weighted by molar-refractivity contribution is 6.04. The average molecular weight is 467 g/mol. The van der Waals surface area contributed by atoms with Crippen molar-refractivity contribution in [1.29, 1.82) is 0 Å². The van der Waals surface area contributed by atoms with Crippen molar-refractivity contribution in [2.75, 3.05) is 25.1 Å². The van der Waals surface area contributed by atoms with Gasteiger partial charge in [-0.3, -0.25) is 14.4 Å². The van der Waals surface area contributed by atoms with Gasteiger partial charge in [-0.25, -0.2) is 0 Å². The molecule has 3 saturated heterocycles. The first-order chi connectivity index (χ1) is 16.5. The molecule has 2 bridgehead atoms. The first-order valence-corrected chi connectivity index (χ1v) is 12.1. The molecular formula is C26H30N2O6. The van der Waals surface area contributed by atoms with E-state index in [1.165, 1.54) is 0 Å². The molecule has 2 aromatic carbocycles. The molecule has 3 heterocycles. The fourth-order valence-electron chi connectivity index (χ4n) is 6.07. The van der Waals surface area contributed by atoms with Gasteiger partial charge in [0.05, 0.1) is 24.5 Å². The lowest BCUT2D eigenvalue weighted by atomic mass is 9.71. The zero-order valence-electron chi connectivity index (χ0n) is 19.2. The molecule has 3 aliphatic heterocycles. The molecule has 0 saturated carbocycles. The second-order valence-electron chi connectivity index (χ2n) is 9.32. The molecule has 5 atom stereocenters. The van der Waals surface area contributed by atoms with Gasteiger partial charge in [-0.1, -0.05) is 30.3 Å². The SMILES string of the molecule is CCOC(=O)[C@@H]1[C@H]2C(=O)N(CCCCO)[C@H](C(=O)Nc3ccc4ccccc4c3)[C@]23CC[C@H]1O3. The molecule has 34 heavy (non-hydrogen) atoms. The minimum atomic E-state index is -1.04. The number of nitrogens with zero attached hydrogens (tertiary/aromatic N) is 1. The predicted molar refractivity (Wildman–Crippen MR) is 125 cm³/mol. The van der Waals surface area contributed by atoms with E-state index >= 15 is 0 Å². The molecule has 2 amide bonds. The summed E-state index contributed by atoms with van der Waals surface area (Å²) in [5.41, 5.74) is -0.403. The van der Waals surface area contributed by atoms with Crippen molar-refractivity contribution in [3.05, 3.63) is 42.5 Å². The van der Waals surface area contributed by atoms with Crippen molar-refractivity contribution in [3.63, 3.8) is 0 Å².